The zero-order valence-electron chi connectivity index (χ0n) is 12.0. The Labute approximate surface area is 109 Å². The summed E-state index contributed by atoms with van der Waals surface area (Å²) >= 11 is 0. The van der Waals surface area contributed by atoms with Crippen LogP contribution in [0.1, 0.15) is 78.1 Å². The monoisotopic (exact) mass is 240 g/mol. The van der Waals surface area contributed by atoms with Gasteiger partial charge in [-0.05, 0) is 13.3 Å². The Balaban J connectivity index is 2.89. The molecule has 0 aliphatic heterocycles. The molecule has 17 heavy (non-hydrogen) atoms. The van der Waals surface area contributed by atoms with E-state index in [0.29, 0.717) is 0 Å². The van der Waals surface area contributed by atoms with E-state index in [4.69, 9.17) is 4.74 Å². The van der Waals surface area contributed by atoms with E-state index in [2.05, 4.69) is 13.0 Å². The smallest absolute Gasteiger partial charge is 0.0647 e. The lowest BCUT2D eigenvalue weighted by molar-refractivity contribution is 0.157. The topological polar surface area (TPSA) is 9.23 Å². The average molecular weight is 240 g/mol. The van der Waals surface area contributed by atoms with Crippen molar-refractivity contribution in [3.8, 4) is 0 Å². The molecule has 0 N–H and O–H groups in total. The molecule has 0 aliphatic carbocycles. The summed E-state index contributed by atoms with van der Waals surface area (Å²) in [6.45, 7) is 6.02. The molecular formula is C16H32O. The van der Waals surface area contributed by atoms with Crippen LogP contribution in [0.2, 0.25) is 0 Å². The maximum atomic E-state index is 5.46. The van der Waals surface area contributed by atoms with E-state index >= 15 is 0 Å². The Morgan fingerprint density at radius 2 is 1.29 bits per heavy atom. The van der Waals surface area contributed by atoms with Crippen molar-refractivity contribution < 1.29 is 4.74 Å². The molecule has 1 nitrogen and oxygen atoms in total. The maximum Gasteiger partial charge on any atom is 0.0647 e. The summed E-state index contributed by atoms with van der Waals surface area (Å²) in [4.78, 5) is 0. The first-order chi connectivity index (χ1) is 8.41. The first kappa shape index (κ1) is 16.7. The fourth-order valence-electron chi connectivity index (χ4n) is 1.94. The fourth-order valence-corrected chi connectivity index (χ4v) is 1.94. The average Bonchev–Trinajstić information content (AvgIpc) is 2.35. The van der Waals surface area contributed by atoms with Crippen LogP contribution in [-0.2, 0) is 4.74 Å². The summed E-state index contributed by atoms with van der Waals surface area (Å²) in [5.41, 5.74) is 0. The summed E-state index contributed by atoms with van der Waals surface area (Å²) in [6.07, 6.45) is 18.0. The molecule has 0 aromatic rings. The predicted molar refractivity (Wildman–Crippen MR) is 77.5 cm³/mol. The molecule has 0 radical (unpaired) electrons. The minimum atomic E-state index is 0.786. The van der Waals surface area contributed by atoms with Gasteiger partial charge in [-0.15, -0.1) is 0 Å². The highest BCUT2D eigenvalue weighted by Crippen LogP contribution is 2.10. The molecule has 0 aromatic carbocycles. The van der Waals surface area contributed by atoms with E-state index in [1.165, 1.54) is 64.2 Å². The molecule has 0 aromatic heterocycles. The van der Waals surface area contributed by atoms with Gasteiger partial charge in [0.2, 0.25) is 0 Å². The highest BCUT2D eigenvalue weighted by atomic mass is 16.5. The van der Waals surface area contributed by atoms with Gasteiger partial charge in [0.05, 0.1) is 6.61 Å². The van der Waals surface area contributed by atoms with Crippen molar-refractivity contribution in [3.05, 3.63) is 12.2 Å². The summed E-state index contributed by atoms with van der Waals surface area (Å²) in [6, 6.07) is 0. The first-order valence-corrected chi connectivity index (χ1v) is 7.60. The number of hydrogen-bond acceptors (Lipinski definition) is 1. The normalized spacial score (nSPS) is 11.4. The number of hydrogen-bond donors (Lipinski definition) is 0. The molecule has 0 heterocycles. The molecule has 102 valence electrons. The molecule has 1 heteroatoms. The van der Waals surface area contributed by atoms with Crippen LogP contribution >= 0.6 is 0 Å². The van der Waals surface area contributed by atoms with Gasteiger partial charge in [-0.3, -0.25) is 0 Å². The summed E-state index contributed by atoms with van der Waals surface area (Å²) < 4.78 is 5.46. The molecule has 0 amide bonds. The minimum absolute atomic E-state index is 0.786. The van der Waals surface area contributed by atoms with Crippen LogP contribution in [-0.4, -0.2) is 13.2 Å². The van der Waals surface area contributed by atoms with Gasteiger partial charge in [0.15, 0.2) is 0 Å². The Bertz CT molecular complexity index is 152. The Hall–Kier alpha value is -0.300. The molecule has 0 fully saturated rings. The van der Waals surface area contributed by atoms with Crippen LogP contribution in [0.15, 0.2) is 12.2 Å². The van der Waals surface area contributed by atoms with Crippen molar-refractivity contribution in [2.75, 3.05) is 13.2 Å². The number of ether oxygens (including phenoxy) is 1. The zero-order valence-corrected chi connectivity index (χ0v) is 12.0. The molecule has 0 bridgehead atoms. The standard InChI is InChI=1S/C16H32O/c1-3-5-7-8-9-10-11-12-13-14-16-17-15-6-4-2/h4,6H,3,5,7-16H2,1-2H3. The van der Waals surface area contributed by atoms with Crippen molar-refractivity contribution in [2.24, 2.45) is 0 Å². The summed E-state index contributed by atoms with van der Waals surface area (Å²) in [5.74, 6) is 0. The van der Waals surface area contributed by atoms with Gasteiger partial charge in [0.25, 0.3) is 0 Å². The largest absolute Gasteiger partial charge is 0.377 e. The number of rotatable bonds is 13. The van der Waals surface area contributed by atoms with Crippen molar-refractivity contribution in [2.45, 2.75) is 78.1 Å². The first-order valence-electron chi connectivity index (χ1n) is 7.60. The fraction of sp³-hybridized carbons (Fsp3) is 0.875. The Kier molecular flexibility index (Phi) is 15.4. The van der Waals surface area contributed by atoms with Crippen molar-refractivity contribution in [1.82, 2.24) is 0 Å². The minimum Gasteiger partial charge on any atom is -0.377 e. The van der Waals surface area contributed by atoms with Gasteiger partial charge >= 0.3 is 0 Å². The van der Waals surface area contributed by atoms with Crippen LogP contribution in [0.4, 0.5) is 0 Å². The van der Waals surface area contributed by atoms with E-state index in [1.807, 2.05) is 13.0 Å². The van der Waals surface area contributed by atoms with E-state index < -0.39 is 0 Å². The van der Waals surface area contributed by atoms with E-state index in [9.17, 15) is 0 Å². The molecule has 0 spiro atoms. The predicted octanol–water partition coefficient (Wildman–Crippen LogP) is 5.50. The van der Waals surface area contributed by atoms with Gasteiger partial charge in [-0.1, -0.05) is 76.9 Å². The molecule has 0 rings (SSSR count). The number of unbranched alkanes of at least 4 members (excludes halogenated alkanes) is 9. The highest BCUT2D eigenvalue weighted by molar-refractivity contribution is 4.75. The van der Waals surface area contributed by atoms with Crippen molar-refractivity contribution in [1.29, 1.82) is 0 Å². The Morgan fingerprint density at radius 1 is 0.765 bits per heavy atom. The van der Waals surface area contributed by atoms with Gasteiger partial charge in [-0.2, -0.15) is 0 Å². The van der Waals surface area contributed by atoms with Crippen molar-refractivity contribution in [3.63, 3.8) is 0 Å². The molecule has 0 saturated carbocycles. The van der Waals surface area contributed by atoms with Gasteiger partial charge in [-0.25, -0.2) is 0 Å². The summed E-state index contributed by atoms with van der Waals surface area (Å²) in [7, 11) is 0. The maximum absolute atomic E-state index is 5.46. The van der Waals surface area contributed by atoms with Crippen molar-refractivity contribution >= 4 is 0 Å². The van der Waals surface area contributed by atoms with Gasteiger partial charge in [0.1, 0.15) is 0 Å². The molecular weight excluding hydrogens is 208 g/mol. The number of allylic oxidation sites excluding steroid dienone is 1. The lowest BCUT2D eigenvalue weighted by Gasteiger charge is -2.02. The molecule has 0 atom stereocenters. The van der Waals surface area contributed by atoms with Crippen LogP contribution in [0.3, 0.4) is 0 Å². The molecule has 0 aliphatic rings. The third-order valence-electron chi connectivity index (χ3n) is 3.09. The SMILES string of the molecule is CC=CCOCCCCCCCCCCCC. The van der Waals surface area contributed by atoms with Crippen LogP contribution in [0.5, 0.6) is 0 Å². The summed E-state index contributed by atoms with van der Waals surface area (Å²) in [5, 5.41) is 0. The zero-order chi connectivity index (χ0) is 12.6. The van der Waals surface area contributed by atoms with Gasteiger partial charge < -0.3 is 4.74 Å². The lowest BCUT2D eigenvalue weighted by Crippen LogP contribution is -1.94. The van der Waals surface area contributed by atoms with Gasteiger partial charge in [0, 0.05) is 6.61 Å². The Morgan fingerprint density at radius 3 is 1.82 bits per heavy atom. The van der Waals surface area contributed by atoms with E-state index in [1.54, 1.807) is 0 Å². The van der Waals surface area contributed by atoms with Crippen LogP contribution < -0.4 is 0 Å². The second-order valence-corrected chi connectivity index (χ2v) is 4.83. The third-order valence-corrected chi connectivity index (χ3v) is 3.09. The lowest BCUT2D eigenvalue weighted by atomic mass is 10.1. The highest BCUT2D eigenvalue weighted by Gasteiger charge is 1.92. The second kappa shape index (κ2) is 15.7. The second-order valence-electron chi connectivity index (χ2n) is 4.83. The van der Waals surface area contributed by atoms with Crippen LogP contribution in [0, 0.1) is 0 Å². The third kappa shape index (κ3) is 15.7. The van der Waals surface area contributed by atoms with Crippen LogP contribution in [0.25, 0.3) is 0 Å². The van der Waals surface area contributed by atoms with E-state index in [0.717, 1.165) is 13.2 Å². The molecule has 0 saturated heterocycles. The quantitative estimate of drug-likeness (QED) is 0.305. The molecule has 0 unspecified atom stereocenters. The van der Waals surface area contributed by atoms with E-state index in [-0.39, 0.29) is 0 Å².